The number of carbonyl (C=O) groups excluding carboxylic acids is 1. The third-order valence-electron chi connectivity index (χ3n) is 5.47. The number of methoxy groups -OCH3 is 1. The third-order valence-corrected chi connectivity index (χ3v) is 5.71. The van der Waals surface area contributed by atoms with Crippen LogP contribution in [-0.2, 0) is 19.4 Å². The normalized spacial score (nSPS) is 12.7. The number of halogens is 1. The molecular weight excluding hydrogens is 386 g/mol. The lowest BCUT2D eigenvalue weighted by Gasteiger charge is -2.18. The highest BCUT2D eigenvalue weighted by molar-refractivity contribution is 6.30. The van der Waals surface area contributed by atoms with Gasteiger partial charge >= 0.3 is 0 Å². The fourth-order valence-electron chi connectivity index (χ4n) is 3.99. The number of hydrogen-bond donors (Lipinski definition) is 0. The molecule has 0 N–H and O–H groups in total. The molecule has 6 heteroatoms. The van der Waals surface area contributed by atoms with Gasteiger partial charge in [0.15, 0.2) is 5.69 Å². The maximum atomic E-state index is 13.3. The lowest BCUT2D eigenvalue weighted by molar-refractivity contribution is 0.0777. The molecule has 0 aliphatic heterocycles. The van der Waals surface area contributed by atoms with E-state index in [0.29, 0.717) is 23.0 Å². The van der Waals surface area contributed by atoms with Crippen LogP contribution in [0.15, 0.2) is 42.5 Å². The van der Waals surface area contributed by atoms with E-state index in [2.05, 4.69) is 19.1 Å². The van der Waals surface area contributed by atoms with Crippen molar-refractivity contribution >= 4 is 17.5 Å². The molecule has 29 heavy (non-hydrogen) atoms. The van der Waals surface area contributed by atoms with Gasteiger partial charge in [0.25, 0.3) is 5.91 Å². The van der Waals surface area contributed by atoms with Crippen LogP contribution in [0.3, 0.4) is 0 Å². The van der Waals surface area contributed by atoms with Crippen molar-refractivity contribution in [2.24, 2.45) is 0 Å². The van der Waals surface area contributed by atoms with Crippen molar-refractivity contribution < 1.29 is 9.53 Å². The van der Waals surface area contributed by atoms with Gasteiger partial charge < -0.3 is 9.64 Å². The molecule has 0 radical (unpaired) electrons. The Morgan fingerprint density at radius 1 is 1.24 bits per heavy atom. The molecule has 150 valence electrons. The van der Waals surface area contributed by atoms with Crippen LogP contribution in [0.5, 0.6) is 5.75 Å². The molecule has 4 rings (SSSR count). The van der Waals surface area contributed by atoms with Gasteiger partial charge in [-0.25, -0.2) is 4.68 Å². The van der Waals surface area contributed by atoms with Gasteiger partial charge in [-0.05, 0) is 56.0 Å². The summed E-state index contributed by atoms with van der Waals surface area (Å²) in [5.74, 6) is 0.627. The highest BCUT2D eigenvalue weighted by Gasteiger charge is 2.29. The standard InChI is InChI=1S/C23H24ClN3O2/c1-15-7-4-5-9-19(15)27-20-10-6-8-18(20)22(25-27)23(28)26(2)14-16-13-17(24)11-12-21(16)29-3/h4-5,7,9,11-13H,6,8,10,14H2,1-3H3. The number of carbonyl (C=O) groups is 1. The number of para-hydroxylation sites is 1. The molecule has 1 aliphatic carbocycles. The Bertz CT molecular complexity index is 1070. The van der Waals surface area contributed by atoms with E-state index in [1.165, 1.54) is 0 Å². The van der Waals surface area contributed by atoms with Gasteiger partial charge in [0.2, 0.25) is 0 Å². The van der Waals surface area contributed by atoms with Crippen LogP contribution >= 0.6 is 11.6 Å². The summed E-state index contributed by atoms with van der Waals surface area (Å²) in [7, 11) is 3.40. The maximum Gasteiger partial charge on any atom is 0.274 e. The molecule has 1 heterocycles. The highest BCUT2D eigenvalue weighted by atomic mass is 35.5. The van der Waals surface area contributed by atoms with Gasteiger partial charge in [-0.3, -0.25) is 4.79 Å². The maximum absolute atomic E-state index is 13.3. The summed E-state index contributed by atoms with van der Waals surface area (Å²) < 4.78 is 7.38. The van der Waals surface area contributed by atoms with E-state index in [4.69, 9.17) is 21.4 Å². The third kappa shape index (κ3) is 3.62. The number of hydrogen-bond acceptors (Lipinski definition) is 3. The van der Waals surface area contributed by atoms with Crippen molar-refractivity contribution in [3.8, 4) is 11.4 Å². The van der Waals surface area contributed by atoms with Crippen LogP contribution in [0.1, 0.15) is 39.3 Å². The Hall–Kier alpha value is -2.79. The molecular formula is C23H24ClN3O2. The molecule has 1 aromatic heterocycles. The van der Waals surface area contributed by atoms with E-state index in [0.717, 1.165) is 47.3 Å². The highest BCUT2D eigenvalue weighted by Crippen LogP contribution is 2.30. The van der Waals surface area contributed by atoms with E-state index >= 15 is 0 Å². The number of aryl methyl sites for hydroxylation is 1. The SMILES string of the molecule is COc1ccc(Cl)cc1CN(C)C(=O)c1nn(-c2ccccc2C)c2c1CCC2. The summed E-state index contributed by atoms with van der Waals surface area (Å²) in [4.78, 5) is 15.0. The lowest BCUT2D eigenvalue weighted by Crippen LogP contribution is -2.27. The minimum Gasteiger partial charge on any atom is -0.496 e. The van der Waals surface area contributed by atoms with E-state index in [1.54, 1.807) is 25.1 Å². The Morgan fingerprint density at radius 3 is 2.79 bits per heavy atom. The van der Waals surface area contributed by atoms with Crippen LogP contribution in [0, 0.1) is 6.92 Å². The average molecular weight is 410 g/mol. The quantitative estimate of drug-likeness (QED) is 0.618. The fourth-order valence-corrected chi connectivity index (χ4v) is 4.18. The van der Waals surface area contributed by atoms with Crippen molar-refractivity contribution in [3.63, 3.8) is 0 Å². The molecule has 0 fully saturated rings. The molecule has 5 nitrogen and oxygen atoms in total. The van der Waals surface area contributed by atoms with Gasteiger partial charge in [0, 0.05) is 35.4 Å². The van der Waals surface area contributed by atoms with Crippen LogP contribution in [-0.4, -0.2) is 34.7 Å². The molecule has 0 bridgehead atoms. The molecule has 3 aromatic rings. The summed E-state index contributed by atoms with van der Waals surface area (Å²) in [5, 5.41) is 5.37. The van der Waals surface area contributed by atoms with E-state index in [-0.39, 0.29) is 5.91 Å². The number of rotatable bonds is 5. The molecule has 1 amide bonds. The van der Waals surface area contributed by atoms with Crippen molar-refractivity contribution in [1.82, 2.24) is 14.7 Å². The fraction of sp³-hybridized carbons (Fsp3) is 0.304. The van der Waals surface area contributed by atoms with Gasteiger partial charge in [-0.1, -0.05) is 29.8 Å². The first-order valence-electron chi connectivity index (χ1n) is 9.74. The van der Waals surface area contributed by atoms with Crippen molar-refractivity contribution in [1.29, 1.82) is 0 Å². The minimum absolute atomic E-state index is 0.0856. The number of aromatic nitrogens is 2. The Morgan fingerprint density at radius 2 is 2.03 bits per heavy atom. The zero-order chi connectivity index (χ0) is 20.5. The average Bonchev–Trinajstić information content (AvgIpc) is 3.31. The van der Waals surface area contributed by atoms with Crippen molar-refractivity contribution in [2.45, 2.75) is 32.7 Å². The molecule has 0 spiro atoms. The molecule has 2 aromatic carbocycles. The second-order valence-corrected chi connectivity index (χ2v) is 7.88. The second kappa shape index (κ2) is 7.91. The van der Waals surface area contributed by atoms with Crippen LogP contribution in [0.25, 0.3) is 5.69 Å². The second-order valence-electron chi connectivity index (χ2n) is 7.44. The Kier molecular flexibility index (Phi) is 5.33. The van der Waals surface area contributed by atoms with E-state index in [1.807, 2.05) is 28.9 Å². The lowest BCUT2D eigenvalue weighted by atomic mass is 10.1. The minimum atomic E-state index is -0.0856. The first kappa shape index (κ1) is 19.5. The number of nitrogens with zero attached hydrogens (tertiary/aromatic N) is 3. The smallest absolute Gasteiger partial charge is 0.274 e. The molecule has 0 saturated carbocycles. The van der Waals surface area contributed by atoms with Crippen molar-refractivity contribution in [3.05, 3.63) is 75.6 Å². The van der Waals surface area contributed by atoms with Crippen LogP contribution in [0.4, 0.5) is 0 Å². The molecule has 0 saturated heterocycles. The predicted octanol–water partition coefficient (Wildman–Crippen LogP) is 4.60. The number of fused-ring (bicyclic) bond motifs is 1. The van der Waals surface area contributed by atoms with Crippen LogP contribution in [0.2, 0.25) is 5.02 Å². The van der Waals surface area contributed by atoms with Crippen molar-refractivity contribution in [2.75, 3.05) is 14.2 Å². The molecule has 0 atom stereocenters. The van der Waals surface area contributed by atoms with Gasteiger partial charge in [0.05, 0.1) is 12.8 Å². The summed E-state index contributed by atoms with van der Waals surface area (Å²) in [5.41, 5.74) is 5.80. The topological polar surface area (TPSA) is 47.4 Å². The molecule has 0 unspecified atom stereocenters. The monoisotopic (exact) mass is 409 g/mol. The Labute approximate surface area is 175 Å². The first-order valence-corrected chi connectivity index (χ1v) is 10.1. The Balaban J connectivity index is 1.67. The first-order chi connectivity index (χ1) is 14.0. The number of amides is 1. The van der Waals surface area contributed by atoms with Crippen LogP contribution < -0.4 is 4.74 Å². The zero-order valence-corrected chi connectivity index (χ0v) is 17.7. The summed E-state index contributed by atoms with van der Waals surface area (Å²) in [6.07, 6.45) is 2.87. The summed E-state index contributed by atoms with van der Waals surface area (Å²) in [6, 6.07) is 13.6. The predicted molar refractivity (Wildman–Crippen MR) is 114 cm³/mol. The summed E-state index contributed by atoms with van der Waals surface area (Å²) >= 11 is 6.14. The molecule has 1 aliphatic rings. The van der Waals surface area contributed by atoms with Gasteiger partial charge in [-0.2, -0.15) is 5.10 Å². The van der Waals surface area contributed by atoms with Gasteiger partial charge in [0.1, 0.15) is 5.75 Å². The number of benzene rings is 2. The van der Waals surface area contributed by atoms with E-state index < -0.39 is 0 Å². The largest absolute Gasteiger partial charge is 0.496 e. The zero-order valence-electron chi connectivity index (χ0n) is 16.9. The summed E-state index contributed by atoms with van der Waals surface area (Å²) in [6.45, 7) is 2.46. The van der Waals surface area contributed by atoms with Gasteiger partial charge in [-0.15, -0.1) is 0 Å². The van der Waals surface area contributed by atoms with E-state index in [9.17, 15) is 4.79 Å². The number of ether oxygens (including phenoxy) is 1.